The van der Waals surface area contributed by atoms with Crippen LogP contribution >= 0.6 is 11.8 Å². The topological polar surface area (TPSA) is 73.1 Å². The van der Waals surface area contributed by atoms with Gasteiger partial charge >= 0.3 is 0 Å². The molecule has 1 fully saturated rings. The average molecular weight is 361 g/mol. The summed E-state index contributed by atoms with van der Waals surface area (Å²) < 4.78 is 7.61. The zero-order chi connectivity index (χ0) is 18.0. The summed E-state index contributed by atoms with van der Waals surface area (Å²) in [7, 11) is 1.91. The van der Waals surface area contributed by atoms with E-state index in [0.717, 1.165) is 16.5 Å². The van der Waals surface area contributed by atoms with Crippen molar-refractivity contribution < 1.29 is 9.53 Å². The first-order chi connectivity index (χ1) is 12.0. The first-order valence-electron chi connectivity index (χ1n) is 8.36. The van der Waals surface area contributed by atoms with Crippen LogP contribution in [0.3, 0.4) is 0 Å². The second-order valence-electron chi connectivity index (χ2n) is 6.36. The normalized spacial score (nSPS) is 22.0. The minimum atomic E-state index is -0.231. The fraction of sp³-hybridized carbons (Fsp3) is 0.529. The van der Waals surface area contributed by atoms with Gasteiger partial charge in [0.2, 0.25) is 5.91 Å². The Kier molecular flexibility index (Phi) is 5.39. The Morgan fingerprint density at radius 2 is 1.88 bits per heavy atom. The molecular formula is C17H23N5O2S. The first kappa shape index (κ1) is 17.9. The van der Waals surface area contributed by atoms with Gasteiger partial charge in [0.15, 0.2) is 11.0 Å². The molecule has 3 heterocycles. The van der Waals surface area contributed by atoms with Crippen molar-refractivity contribution in [1.29, 1.82) is 0 Å². The summed E-state index contributed by atoms with van der Waals surface area (Å²) in [5, 5.41) is 9.00. The molecule has 0 saturated carbocycles. The number of hydrogen-bond acceptors (Lipinski definition) is 6. The second kappa shape index (κ2) is 7.53. The number of thioether (sulfide) groups is 1. The van der Waals surface area contributed by atoms with E-state index in [1.165, 1.54) is 11.8 Å². The lowest BCUT2D eigenvalue weighted by Crippen LogP contribution is -2.50. The number of morpholine rings is 1. The van der Waals surface area contributed by atoms with Crippen molar-refractivity contribution in [3.05, 3.63) is 24.5 Å². The maximum Gasteiger partial charge on any atom is 0.236 e. The summed E-state index contributed by atoms with van der Waals surface area (Å²) in [5.41, 5.74) is 0.951. The fourth-order valence-corrected chi connectivity index (χ4v) is 3.89. The smallest absolute Gasteiger partial charge is 0.236 e. The summed E-state index contributed by atoms with van der Waals surface area (Å²) >= 11 is 1.43. The van der Waals surface area contributed by atoms with Gasteiger partial charge in [0.1, 0.15) is 0 Å². The molecule has 0 N–H and O–H groups in total. The monoisotopic (exact) mass is 361 g/mol. The predicted molar refractivity (Wildman–Crippen MR) is 96.1 cm³/mol. The van der Waals surface area contributed by atoms with E-state index in [2.05, 4.69) is 15.2 Å². The zero-order valence-electron chi connectivity index (χ0n) is 14.9. The molecule has 0 aromatic carbocycles. The average Bonchev–Trinajstić information content (AvgIpc) is 2.94. The summed E-state index contributed by atoms with van der Waals surface area (Å²) in [6, 6.07) is 3.78. The Morgan fingerprint density at radius 3 is 2.52 bits per heavy atom. The van der Waals surface area contributed by atoms with E-state index in [0.29, 0.717) is 13.1 Å². The molecule has 2 aromatic rings. The number of pyridine rings is 1. The third kappa shape index (κ3) is 4.01. The van der Waals surface area contributed by atoms with Crippen molar-refractivity contribution in [3.63, 3.8) is 0 Å². The van der Waals surface area contributed by atoms with Gasteiger partial charge < -0.3 is 14.2 Å². The van der Waals surface area contributed by atoms with E-state index in [-0.39, 0.29) is 23.4 Å². The molecule has 2 aromatic heterocycles. The Balaban J connectivity index is 1.70. The Morgan fingerprint density at radius 1 is 1.24 bits per heavy atom. The minimum absolute atomic E-state index is 0.0676. The quantitative estimate of drug-likeness (QED) is 0.776. The molecular weight excluding hydrogens is 338 g/mol. The summed E-state index contributed by atoms with van der Waals surface area (Å²) in [6.45, 7) is 7.18. The van der Waals surface area contributed by atoms with Crippen LogP contribution in [-0.2, 0) is 16.6 Å². The van der Waals surface area contributed by atoms with E-state index >= 15 is 0 Å². The van der Waals surface area contributed by atoms with Crippen LogP contribution in [0.2, 0.25) is 0 Å². The molecule has 134 valence electrons. The molecule has 7 nitrogen and oxygen atoms in total. The van der Waals surface area contributed by atoms with Gasteiger partial charge in [-0.1, -0.05) is 11.8 Å². The van der Waals surface area contributed by atoms with E-state index in [1.54, 1.807) is 12.4 Å². The van der Waals surface area contributed by atoms with Gasteiger partial charge in [-0.05, 0) is 32.9 Å². The highest BCUT2D eigenvalue weighted by Gasteiger charge is 2.30. The molecule has 1 saturated heterocycles. The number of ether oxygens (including phenoxy) is 1. The van der Waals surface area contributed by atoms with Crippen LogP contribution in [0, 0.1) is 0 Å². The molecule has 3 rings (SSSR count). The van der Waals surface area contributed by atoms with Crippen LogP contribution in [-0.4, -0.2) is 61.1 Å². The van der Waals surface area contributed by atoms with Crippen molar-refractivity contribution in [1.82, 2.24) is 24.6 Å². The minimum Gasteiger partial charge on any atom is -0.372 e. The molecule has 0 bridgehead atoms. The number of aromatic nitrogens is 4. The lowest BCUT2D eigenvalue weighted by Gasteiger charge is -2.36. The van der Waals surface area contributed by atoms with E-state index in [9.17, 15) is 4.79 Å². The molecule has 0 unspecified atom stereocenters. The van der Waals surface area contributed by atoms with Gasteiger partial charge in [0, 0.05) is 38.1 Å². The Bertz CT molecular complexity index is 726. The molecule has 25 heavy (non-hydrogen) atoms. The largest absolute Gasteiger partial charge is 0.372 e. The van der Waals surface area contributed by atoms with Crippen molar-refractivity contribution in [2.24, 2.45) is 7.05 Å². The van der Waals surface area contributed by atoms with Crippen LogP contribution in [0.4, 0.5) is 0 Å². The third-order valence-corrected chi connectivity index (χ3v) is 5.26. The molecule has 0 radical (unpaired) electrons. The molecule has 8 heteroatoms. The summed E-state index contributed by atoms with van der Waals surface area (Å²) in [6.07, 6.45) is 3.59. The van der Waals surface area contributed by atoms with Crippen molar-refractivity contribution in [2.75, 3.05) is 13.1 Å². The molecule has 3 atom stereocenters. The number of rotatable bonds is 4. The molecule has 1 amide bonds. The number of carbonyl (C=O) groups is 1. The number of hydrogen-bond donors (Lipinski definition) is 0. The van der Waals surface area contributed by atoms with Gasteiger partial charge in [-0.15, -0.1) is 10.2 Å². The molecule has 0 spiro atoms. The van der Waals surface area contributed by atoms with Gasteiger partial charge in [-0.2, -0.15) is 0 Å². The lowest BCUT2D eigenvalue weighted by molar-refractivity contribution is -0.142. The van der Waals surface area contributed by atoms with Crippen LogP contribution in [0.25, 0.3) is 11.4 Å². The van der Waals surface area contributed by atoms with Crippen molar-refractivity contribution >= 4 is 17.7 Å². The second-order valence-corrected chi connectivity index (χ2v) is 7.67. The fourth-order valence-electron chi connectivity index (χ4n) is 2.99. The van der Waals surface area contributed by atoms with Crippen LogP contribution in [0.5, 0.6) is 0 Å². The maximum absolute atomic E-state index is 12.8. The summed E-state index contributed by atoms with van der Waals surface area (Å²) in [5.74, 6) is 0.874. The Labute approximate surface area is 151 Å². The summed E-state index contributed by atoms with van der Waals surface area (Å²) in [4.78, 5) is 18.7. The van der Waals surface area contributed by atoms with Crippen LogP contribution < -0.4 is 0 Å². The molecule has 1 aliphatic rings. The highest BCUT2D eigenvalue weighted by molar-refractivity contribution is 8.00. The highest BCUT2D eigenvalue weighted by atomic mass is 32.2. The number of nitrogens with zero attached hydrogens (tertiary/aromatic N) is 5. The third-order valence-electron chi connectivity index (χ3n) is 4.13. The van der Waals surface area contributed by atoms with Gasteiger partial charge in [-0.3, -0.25) is 9.78 Å². The standard InChI is InChI=1S/C17H23N5O2S/c1-11-9-22(10-12(2)24-11)16(23)13(3)25-17-20-19-15(21(17)4)14-5-7-18-8-6-14/h5-8,11-13H,9-10H2,1-4H3/t11-,12-,13-/m1/s1. The van der Waals surface area contributed by atoms with Crippen molar-refractivity contribution in [2.45, 2.75) is 43.4 Å². The maximum atomic E-state index is 12.8. The molecule has 0 aliphatic carbocycles. The zero-order valence-corrected chi connectivity index (χ0v) is 15.7. The number of carbonyl (C=O) groups excluding carboxylic acids is 1. The number of amides is 1. The predicted octanol–water partition coefficient (Wildman–Crippen LogP) is 1.99. The van der Waals surface area contributed by atoms with Gasteiger partial charge in [0.05, 0.1) is 17.5 Å². The first-order valence-corrected chi connectivity index (χ1v) is 9.24. The van der Waals surface area contributed by atoms with Crippen LogP contribution in [0.15, 0.2) is 29.7 Å². The van der Waals surface area contributed by atoms with Gasteiger partial charge in [0.25, 0.3) is 0 Å². The SMILES string of the molecule is C[C@@H]1CN(C(=O)[C@@H](C)Sc2nnc(-c3ccncc3)n2C)C[C@@H](C)O1. The van der Waals surface area contributed by atoms with E-state index < -0.39 is 0 Å². The lowest BCUT2D eigenvalue weighted by atomic mass is 10.2. The van der Waals surface area contributed by atoms with E-state index in [4.69, 9.17) is 4.74 Å². The van der Waals surface area contributed by atoms with Crippen molar-refractivity contribution in [3.8, 4) is 11.4 Å². The molecule has 1 aliphatic heterocycles. The highest BCUT2D eigenvalue weighted by Crippen LogP contribution is 2.27. The Hall–Kier alpha value is -1.93. The van der Waals surface area contributed by atoms with Crippen LogP contribution in [0.1, 0.15) is 20.8 Å². The van der Waals surface area contributed by atoms with Gasteiger partial charge in [-0.25, -0.2) is 0 Å². The van der Waals surface area contributed by atoms with E-state index in [1.807, 2.05) is 49.4 Å².